The largest absolute Gasteiger partial charge is 0.323 e. The van der Waals surface area contributed by atoms with Crippen molar-refractivity contribution in [2.45, 2.75) is 57.9 Å². The Labute approximate surface area is 166 Å². The van der Waals surface area contributed by atoms with Crippen LogP contribution in [0.1, 0.15) is 57.9 Å². The van der Waals surface area contributed by atoms with Crippen LogP contribution in [0.3, 0.4) is 0 Å². The molecule has 1 saturated carbocycles. The molecule has 1 aliphatic carbocycles. The number of nitrogens with zero attached hydrogens (tertiary/aromatic N) is 5. The Morgan fingerprint density at radius 1 is 1.11 bits per heavy atom. The first-order valence-corrected chi connectivity index (χ1v) is 10.5. The van der Waals surface area contributed by atoms with Gasteiger partial charge in [0, 0.05) is 19.1 Å². The van der Waals surface area contributed by atoms with Gasteiger partial charge in [0.1, 0.15) is 0 Å². The molecule has 4 rings (SSSR count). The highest BCUT2D eigenvalue weighted by molar-refractivity contribution is 6.28. The van der Waals surface area contributed by atoms with Crippen molar-refractivity contribution >= 4 is 28.6 Å². The molecular weight excluding hydrogens is 362 g/mol. The van der Waals surface area contributed by atoms with Gasteiger partial charge in [-0.25, -0.2) is 9.99 Å². The van der Waals surface area contributed by atoms with Crippen LogP contribution in [0, 0.1) is 5.92 Å². The molecule has 2 aromatic rings. The number of hydrazine groups is 1. The second-order valence-corrected chi connectivity index (χ2v) is 7.89. The first-order chi connectivity index (χ1) is 13.2. The molecule has 1 saturated heterocycles. The Balaban J connectivity index is 0.000000659. The Morgan fingerprint density at radius 3 is 2.41 bits per heavy atom. The summed E-state index contributed by atoms with van der Waals surface area (Å²) in [5.41, 5.74) is 5.11. The standard InChI is InChI=1S/C17H25ClN6.C2H7N/c1-2-12-7-9-23(10-8-12)22-15-14-16(21-17(18)20-15)24(11-19-14)13-5-3-4-6-13;1-3-2/h11-13H,2-10H2,1H3,(H,20,21,22);3H,1-2H3. The van der Waals surface area contributed by atoms with E-state index in [0.717, 1.165) is 36.0 Å². The van der Waals surface area contributed by atoms with Gasteiger partial charge < -0.3 is 15.3 Å². The summed E-state index contributed by atoms with van der Waals surface area (Å²) in [6.45, 7) is 4.34. The number of rotatable bonds is 4. The summed E-state index contributed by atoms with van der Waals surface area (Å²) < 4.78 is 2.18. The van der Waals surface area contributed by atoms with E-state index >= 15 is 0 Å². The molecule has 0 aromatic carbocycles. The molecule has 0 bridgehead atoms. The average molecular weight is 394 g/mol. The number of anilines is 1. The highest BCUT2D eigenvalue weighted by Gasteiger charge is 2.23. The zero-order valence-corrected chi connectivity index (χ0v) is 17.5. The molecule has 2 N–H and O–H groups in total. The van der Waals surface area contributed by atoms with Crippen molar-refractivity contribution in [1.29, 1.82) is 0 Å². The number of fused-ring (bicyclic) bond motifs is 1. The van der Waals surface area contributed by atoms with Crippen molar-refractivity contribution in [1.82, 2.24) is 29.8 Å². The SMILES string of the molecule is CCC1CCN(Nc2nc(Cl)nc3c2ncn3C2CCCC2)CC1.CNC. The fourth-order valence-electron chi connectivity index (χ4n) is 4.02. The molecule has 2 aromatic heterocycles. The van der Waals surface area contributed by atoms with Crippen LogP contribution in [0.25, 0.3) is 11.2 Å². The Bertz CT molecular complexity index is 718. The number of piperidine rings is 1. The lowest BCUT2D eigenvalue weighted by molar-refractivity contribution is 0.213. The molecule has 3 heterocycles. The van der Waals surface area contributed by atoms with E-state index in [0.29, 0.717) is 6.04 Å². The molecule has 2 fully saturated rings. The predicted octanol–water partition coefficient (Wildman–Crippen LogP) is 3.88. The third-order valence-corrected chi connectivity index (χ3v) is 5.74. The van der Waals surface area contributed by atoms with Crippen molar-refractivity contribution in [2.24, 2.45) is 5.92 Å². The lowest BCUT2D eigenvalue weighted by atomic mass is 9.95. The van der Waals surface area contributed by atoms with Gasteiger partial charge in [-0.2, -0.15) is 9.97 Å². The summed E-state index contributed by atoms with van der Waals surface area (Å²) in [7, 11) is 3.75. The van der Waals surface area contributed by atoms with Crippen molar-refractivity contribution in [3.63, 3.8) is 0 Å². The van der Waals surface area contributed by atoms with Gasteiger partial charge in [-0.1, -0.05) is 26.2 Å². The van der Waals surface area contributed by atoms with Crippen LogP contribution in [-0.2, 0) is 0 Å². The minimum Gasteiger partial charge on any atom is -0.323 e. The normalized spacial score (nSPS) is 19.3. The van der Waals surface area contributed by atoms with E-state index < -0.39 is 0 Å². The van der Waals surface area contributed by atoms with E-state index in [1.54, 1.807) is 0 Å². The van der Waals surface area contributed by atoms with E-state index in [9.17, 15) is 0 Å². The summed E-state index contributed by atoms with van der Waals surface area (Å²) >= 11 is 6.20. The molecule has 0 atom stereocenters. The van der Waals surface area contributed by atoms with Gasteiger partial charge >= 0.3 is 0 Å². The minimum absolute atomic E-state index is 0.285. The van der Waals surface area contributed by atoms with Crippen LogP contribution < -0.4 is 10.7 Å². The van der Waals surface area contributed by atoms with Crippen LogP contribution in [0.4, 0.5) is 5.82 Å². The number of nitrogens with one attached hydrogen (secondary N) is 2. The average Bonchev–Trinajstić information content (AvgIpc) is 3.32. The summed E-state index contributed by atoms with van der Waals surface area (Å²) in [5, 5.41) is 5.27. The molecule has 0 unspecified atom stereocenters. The van der Waals surface area contributed by atoms with Gasteiger partial charge in [-0.05, 0) is 57.3 Å². The predicted molar refractivity (Wildman–Crippen MR) is 111 cm³/mol. The second kappa shape index (κ2) is 9.66. The minimum atomic E-state index is 0.285. The quantitative estimate of drug-likeness (QED) is 0.768. The third kappa shape index (κ3) is 4.89. The molecule has 0 radical (unpaired) electrons. The van der Waals surface area contributed by atoms with E-state index in [2.05, 4.69) is 42.2 Å². The maximum atomic E-state index is 6.20. The lowest BCUT2D eigenvalue weighted by Gasteiger charge is -2.31. The number of aromatic nitrogens is 4. The lowest BCUT2D eigenvalue weighted by Crippen LogP contribution is -2.38. The highest BCUT2D eigenvalue weighted by atomic mass is 35.5. The Morgan fingerprint density at radius 2 is 1.78 bits per heavy atom. The summed E-state index contributed by atoms with van der Waals surface area (Å²) in [6, 6.07) is 0.495. The zero-order chi connectivity index (χ0) is 19.2. The van der Waals surface area contributed by atoms with E-state index in [1.165, 1.54) is 44.9 Å². The topological polar surface area (TPSA) is 70.9 Å². The molecule has 0 amide bonds. The van der Waals surface area contributed by atoms with E-state index in [1.807, 2.05) is 20.4 Å². The number of hydrogen-bond acceptors (Lipinski definition) is 6. The number of hydrogen-bond donors (Lipinski definition) is 2. The van der Waals surface area contributed by atoms with Gasteiger partial charge in [-0.15, -0.1) is 0 Å². The van der Waals surface area contributed by atoms with Crippen molar-refractivity contribution in [3.8, 4) is 0 Å². The molecule has 1 aliphatic heterocycles. The van der Waals surface area contributed by atoms with Crippen molar-refractivity contribution < 1.29 is 0 Å². The Hall–Kier alpha value is -1.44. The Kier molecular flexibility index (Phi) is 7.26. The maximum absolute atomic E-state index is 6.20. The number of imidazole rings is 1. The van der Waals surface area contributed by atoms with Gasteiger partial charge in [0.2, 0.25) is 5.28 Å². The highest BCUT2D eigenvalue weighted by Crippen LogP contribution is 2.33. The van der Waals surface area contributed by atoms with Gasteiger partial charge in [0.15, 0.2) is 17.0 Å². The summed E-state index contributed by atoms with van der Waals surface area (Å²) in [4.78, 5) is 13.4. The fourth-order valence-corrected chi connectivity index (χ4v) is 4.18. The molecule has 150 valence electrons. The van der Waals surface area contributed by atoms with Crippen LogP contribution in [0.5, 0.6) is 0 Å². The second-order valence-electron chi connectivity index (χ2n) is 7.55. The molecule has 7 nitrogen and oxygen atoms in total. The van der Waals surface area contributed by atoms with Crippen LogP contribution in [-0.4, -0.2) is 51.7 Å². The monoisotopic (exact) mass is 393 g/mol. The molecular formula is C19H32ClN7. The van der Waals surface area contributed by atoms with Crippen molar-refractivity contribution in [3.05, 3.63) is 11.6 Å². The summed E-state index contributed by atoms with van der Waals surface area (Å²) in [5.74, 6) is 1.58. The molecule has 27 heavy (non-hydrogen) atoms. The van der Waals surface area contributed by atoms with Gasteiger partial charge in [-0.3, -0.25) is 0 Å². The summed E-state index contributed by atoms with van der Waals surface area (Å²) in [6.07, 6.45) is 10.6. The van der Waals surface area contributed by atoms with Gasteiger partial charge in [0.05, 0.1) is 6.33 Å². The molecule has 8 heteroatoms. The third-order valence-electron chi connectivity index (χ3n) is 5.57. The van der Waals surface area contributed by atoms with E-state index in [4.69, 9.17) is 11.6 Å². The van der Waals surface area contributed by atoms with Crippen LogP contribution in [0.2, 0.25) is 5.28 Å². The van der Waals surface area contributed by atoms with Crippen LogP contribution in [0.15, 0.2) is 6.33 Å². The molecule has 2 aliphatic rings. The van der Waals surface area contributed by atoms with E-state index in [-0.39, 0.29) is 5.28 Å². The zero-order valence-electron chi connectivity index (χ0n) is 16.7. The first kappa shape index (κ1) is 20.3. The smallest absolute Gasteiger partial charge is 0.226 e. The fraction of sp³-hybridized carbons (Fsp3) is 0.737. The van der Waals surface area contributed by atoms with Gasteiger partial charge in [0.25, 0.3) is 0 Å². The molecule has 0 spiro atoms. The van der Waals surface area contributed by atoms with Crippen molar-refractivity contribution in [2.75, 3.05) is 32.6 Å². The van der Waals surface area contributed by atoms with Crippen LogP contribution >= 0.6 is 11.6 Å². The maximum Gasteiger partial charge on any atom is 0.226 e. The number of halogens is 1. The first-order valence-electron chi connectivity index (χ1n) is 10.2.